The Hall–Kier alpha value is -2.12. The molecule has 15 nitrogen and oxygen atoms in total. The first-order valence-electron chi connectivity index (χ1n) is 22.5. The SMILES string of the molecule is CC[C@H]1CC(=O)[C@H](C)[C@@H](O[C@H]2C[C@@](C)(OC)[C@@H](O)[C@H](C)O2)[C@H](C)[C@@H](O[C@@H]2O[C@H](C)C[C@H](N(C)C)[C@H]2O)[C@](C)(OC)C[C@@H](C)/C(=N\OCOCc2ccccc2)[C@H](C)[C@@H](O)[C@]1(C)O. The number of likely N-dealkylation sites (N-methyl/N-ethyl adjacent to an activating group) is 1. The van der Waals surface area contributed by atoms with Crippen LogP contribution in [0.1, 0.15) is 107 Å². The lowest BCUT2D eigenvalue weighted by atomic mass is 9.69. The van der Waals surface area contributed by atoms with Gasteiger partial charge in [-0.15, -0.1) is 0 Å². The molecule has 15 heteroatoms. The van der Waals surface area contributed by atoms with Crippen LogP contribution in [0.2, 0.25) is 0 Å². The fraction of sp³-hybridized carbons (Fsp3) is 0.830. The molecule has 0 unspecified atom stereocenters. The molecule has 1 aromatic rings. The van der Waals surface area contributed by atoms with Crippen molar-refractivity contribution in [3.8, 4) is 0 Å². The summed E-state index contributed by atoms with van der Waals surface area (Å²) in [7, 11) is 6.94. The van der Waals surface area contributed by atoms with Crippen LogP contribution in [0.15, 0.2) is 35.5 Å². The van der Waals surface area contributed by atoms with E-state index in [1.807, 2.05) is 83.9 Å². The fourth-order valence-electron chi connectivity index (χ4n) is 10.1. The number of aliphatic hydroxyl groups excluding tert-OH is 3. The Balaban J connectivity index is 1.85. The average Bonchev–Trinajstić information content (AvgIpc) is 3.23. The second kappa shape index (κ2) is 22.4. The molecule has 1 aliphatic carbocycles. The lowest BCUT2D eigenvalue weighted by Gasteiger charge is -2.50. The Morgan fingerprint density at radius 1 is 0.871 bits per heavy atom. The van der Waals surface area contributed by atoms with Crippen molar-refractivity contribution in [2.75, 3.05) is 35.1 Å². The van der Waals surface area contributed by atoms with Gasteiger partial charge in [0.25, 0.3) is 0 Å². The van der Waals surface area contributed by atoms with Gasteiger partial charge in [0.05, 0.1) is 59.6 Å². The molecule has 2 saturated heterocycles. The van der Waals surface area contributed by atoms with Gasteiger partial charge in [-0.05, 0) is 73.0 Å². The minimum atomic E-state index is -1.72. The molecule has 3 aliphatic rings. The highest BCUT2D eigenvalue weighted by atomic mass is 16.7. The van der Waals surface area contributed by atoms with E-state index in [0.29, 0.717) is 25.2 Å². The lowest BCUT2D eigenvalue weighted by Crippen LogP contribution is -2.61. The maximum atomic E-state index is 14.7. The van der Waals surface area contributed by atoms with Crippen molar-refractivity contribution in [2.45, 2.75) is 186 Å². The molecule has 4 N–H and O–H groups in total. The van der Waals surface area contributed by atoms with E-state index in [1.165, 1.54) is 7.11 Å². The number of oxime groups is 1. The van der Waals surface area contributed by atoms with Crippen LogP contribution in [0.25, 0.3) is 0 Å². The topological polar surface area (TPSA) is 187 Å². The van der Waals surface area contributed by atoms with Crippen LogP contribution in [-0.4, -0.2) is 150 Å². The largest absolute Gasteiger partial charge is 0.389 e. The maximum absolute atomic E-state index is 14.7. The zero-order valence-electron chi connectivity index (χ0n) is 39.9. The third-order valence-electron chi connectivity index (χ3n) is 14.3. The minimum absolute atomic E-state index is 0.0666. The zero-order chi connectivity index (χ0) is 46.3. The number of benzene rings is 1. The van der Waals surface area contributed by atoms with Gasteiger partial charge in [-0.2, -0.15) is 0 Å². The van der Waals surface area contributed by atoms with Crippen LogP contribution >= 0.6 is 0 Å². The van der Waals surface area contributed by atoms with E-state index in [4.69, 9.17) is 38.0 Å². The van der Waals surface area contributed by atoms with Gasteiger partial charge in [0.2, 0.25) is 6.79 Å². The smallest absolute Gasteiger partial charge is 0.216 e. The van der Waals surface area contributed by atoms with E-state index >= 15 is 0 Å². The summed E-state index contributed by atoms with van der Waals surface area (Å²) in [6.45, 7) is 18.5. The molecule has 1 saturated carbocycles. The van der Waals surface area contributed by atoms with E-state index in [0.717, 1.165) is 5.56 Å². The molecule has 0 aromatic heterocycles. The van der Waals surface area contributed by atoms with Crippen molar-refractivity contribution in [1.82, 2.24) is 4.90 Å². The molecule has 2 heterocycles. The van der Waals surface area contributed by atoms with Gasteiger partial charge >= 0.3 is 0 Å². The number of ketones is 1. The van der Waals surface area contributed by atoms with Gasteiger partial charge in [0, 0.05) is 56.8 Å². The molecule has 1 aromatic carbocycles. The quantitative estimate of drug-likeness (QED) is 0.117. The van der Waals surface area contributed by atoms with Crippen LogP contribution in [0.3, 0.4) is 0 Å². The average molecular weight is 881 g/mol. The number of hydrogen-bond donors (Lipinski definition) is 4. The number of Topliss-reactive ketones (excluding diaryl/α,β-unsaturated/α-hetero) is 1. The Bertz CT molecular complexity index is 1570. The molecular weight excluding hydrogens is 801 g/mol. The summed E-state index contributed by atoms with van der Waals surface area (Å²) in [6.07, 6.45) is -6.65. The number of hydrogen-bond acceptors (Lipinski definition) is 15. The standard InChI is InChI=1S/C47H80N2O13/c1-15-34-22-36(50)29(4)40(61-37-24-45(8,55-13)42(53)32(7)60-37)31(6)43(62-44-39(51)35(49(11)12)21-28(3)59-44)46(9,56-14)23-27(2)38(30(5)41(52)47(34,10)54)48-58-26-57-25-33-19-17-16-18-20-33/h16-20,27-32,34-35,37,39-44,51-54H,15,21-26H2,1-14H3/b48-38+/t27-,28-,29+,30+,31+,32+,34+,35+,37+,39-,40-,41-,42+,43-,44+,45-,46-,47-/m1/s1. The predicted molar refractivity (Wildman–Crippen MR) is 234 cm³/mol. The highest BCUT2D eigenvalue weighted by molar-refractivity contribution is 5.89. The minimum Gasteiger partial charge on any atom is -0.389 e. The van der Waals surface area contributed by atoms with Crippen molar-refractivity contribution >= 4 is 11.5 Å². The summed E-state index contributed by atoms with van der Waals surface area (Å²) in [5.41, 5.74) is -2.49. The van der Waals surface area contributed by atoms with Gasteiger partial charge in [-0.3, -0.25) is 4.79 Å². The summed E-state index contributed by atoms with van der Waals surface area (Å²) in [5.74, 6) is -3.46. The molecular formula is C47H80N2O13. The molecule has 0 amide bonds. The fourth-order valence-corrected chi connectivity index (χ4v) is 10.1. The molecule has 2 aliphatic heterocycles. The Kier molecular flexibility index (Phi) is 19.0. The monoisotopic (exact) mass is 881 g/mol. The summed E-state index contributed by atoms with van der Waals surface area (Å²) in [4.78, 5) is 22.5. The molecule has 62 heavy (non-hydrogen) atoms. The lowest BCUT2D eigenvalue weighted by molar-refractivity contribution is -0.318. The van der Waals surface area contributed by atoms with Gasteiger partial charge in [0.15, 0.2) is 12.6 Å². The highest BCUT2D eigenvalue weighted by Gasteiger charge is 2.53. The first-order valence-corrected chi connectivity index (χ1v) is 22.5. The molecule has 0 bridgehead atoms. The van der Waals surface area contributed by atoms with E-state index in [9.17, 15) is 25.2 Å². The highest BCUT2D eigenvalue weighted by Crippen LogP contribution is 2.43. The number of nitrogens with zero attached hydrogens (tertiary/aromatic N) is 2. The summed E-state index contributed by atoms with van der Waals surface area (Å²) >= 11 is 0. The number of methoxy groups -OCH3 is 2. The van der Waals surface area contributed by atoms with Crippen LogP contribution < -0.4 is 0 Å². The van der Waals surface area contributed by atoms with Gasteiger partial charge < -0.3 is 63.3 Å². The molecule has 18 atom stereocenters. The number of carbonyl (C=O) groups excluding carboxylic acids is 1. The van der Waals surface area contributed by atoms with E-state index in [-0.39, 0.29) is 44.0 Å². The summed E-state index contributed by atoms with van der Waals surface area (Å²) in [5, 5.41) is 51.8. The van der Waals surface area contributed by atoms with Crippen LogP contribution in [-0.2, 0) is 49.4 Å². The molecule has 3 fully saturated rings. The number of carbonyl (C=O) groups is 1. The zero-order valence-corrected chi connectivity index (χ0v) is 39.9. The first kappa shape index (κ1) is 52.5. The van der Waals surface area contributed by atoms with E-state index in [2.05, 4.69) is 5.16 Å². The third kappa shape index (κ3) is 12.2. The van der Waals surface area contributed by atoms with Crippen molar-refractivity contribution in [2.24, 2.45) is 34.7 Å². The van der Waals surface area contributed by atoms with E-state index < -0.39 is 95.6 Å². The first-order chi connectivity index (χ1) is 29.0. The van der Waals surface area contributed by atoms with Crippen LogP contribution in [0.4, 0.5) is 0 Å². The molecule has 356 valence electrons. The maximum Gasteiger partial charge on any atom is 0.216 e. The van der Waals surface area contributed by atoms with E-state index in [1.54, 1.807) is 41.7 Å². The third-order valence-corrected chi connectivity index (χ3v) is 14.3. The summed E-state index contributed by atoms with van der Waals surface area (Å²) < 4.78 is 44.7. The van der Waals surface area contributed by atoms with Crippen LogP contribution in [0.5, 0.6) is 0 Å². The summed E-state index contributed by atoms with van der Waals surface area (Å²) in [6, 6.07) is 9.41. The Morgan fingerprint density at radius 3 is 2.11 bits per heavy atom. The van der Waals surface area contributed by atoms with Crippen LogP contribution in [0, 0.1) is 29.6 Å². The molecule has 0 spiro atoms. The number of rotatable bonds is 13. The molecule has 4 rings (SSSR count). The second-order valence-electron chi connectivity index (χ2n) is 19.3. The van der Waals surface area contributed by atoms with Crippen molar-refractivity contribution in [3.05, 3.63) is 35.9 Å². The normalized spacial score (nSPS) is 43.7. The van der Waals surface area contributed by atoms with Crippen molar-refractivity contribution in [3.63, 3.8) is 0 Å². The van der Waals surface area contributed by atoms with Gasteiger partial charge in [-0.1, -0.05) is 76.5 Å². The molecule has 0 radical (unpaired) electrons. The second-order valence-corrected chi connectivity index (χ2v) is 19.3. The van der Waals surface area contributed by atoms with Gasteiger partial charge in [0.1, 0.15) is 18.0 Å². The van der Waals surface area contributed by atoms with Crippen molar-refractivity contribution < 1.29 is 63.2 Å². The number of ether oxygens (including phenoxy) is 7. The van der Waals surface area contributed by atoms with Crippen molar-refractivity contribution in [1.29, 1.82) is 0 Å². The predicted octanol–water partition coefficient (Wildman–Crippen LogP) is 5.08. The Labute approximate surface area is 370 Å². The van der Waals surface area contributed by atoms with Gasteiger partial charge in [-0.25, -0.2) is 0 Å². The Morgan fingerprint density at radius 2 is 1.52 bits per heavy atom. The number of aliphatic hydroxyl groups is 4.